The number of carbonyl (C=O) groups is 7. The zero-order valence-corrected chi connectivity index (χ0v) is 45.8. The average molecular weight is 1040 g/mol. The van der Waals surface area contributed by atoms with Crippen LogP contribution in [0.15, 0.2) is 60.7 Å². The van der Waals surface area contributed by atoms with E-state index < -0.39 is 83.1 Å². The van der Waals surface area contributed by atoms with Gasteiger partial charge in [-0.05, 0) is 108 Å². The number of aryl methyl sites for hydroxylation is 2. The summed E-state index contributed by atoms with van der Waals surface area (Å²) in [5.74, 6) is -4.68. The first-order chi connectivity index (χ1) is 35.0. The summed E-state index contributed by atoms with van der Waals surface area (Å²) in [6.07, 6.45) is -2.23. The molecule has 0 spiro atoms. The maximum absolute atomic E-state index is 15.2. The highest BCUT2D eigenvalue weighted by Gasteiger charge is 2.37. The fourth-order valence-corrected chi connectivity index (χ4v) is 8.71. The number of ether oxygens (including phenoxy) is 4. The number of aromatic nitrogens is 2. The summed E-state index contributed by atoms with van der Waals surface area (Å²) >= 11 is 0. The molecule has 18 nitrogen and oxygen atoms in total. The van der Waals surface area contributed by atoms with Gasteiger partial charge in [-0.2, -0.15) is 0 Å². The molecule has 1 aliphatic heterocycles. The highest BCUT2D eigenvalue weighted by molar-refractivity contribution is 6.01. The summed E-state index contributed by atoms with van der Waals surface area (Å²) in [4.78, 5) is 107. The standard InChI is InChI=1S/C57H74N6O12/c1-32-27-45(66)48(37-18-21-43(64)40(30-37)41-28-35(29-42(52(69)72-14)62-50(32)67)15-22-46(41)73-26-25-59-54(71)75-57(10,11)12)63(13)51(68)38(23-24-58-53(70)74-56(7,8)9)31-44(65)47-33(2)60-49(61-34(47)3)36-16-19-39(20-17-36)55(4,5)6/h15-22,28,30,32,38,42,48,64H,23-27,29,31H2,1-14H3,(H,58,70)(H,59,71)(H,62,67)/t32-,38-,42+,48+/m1/s1. The first-order valence-corrected chi connectivity index (χ1v) is 25.2. The van der Waals surface area contributed by atoms with Gasteiger partial charge in [-0.1, -0.05) is 64.1 Å². The molecule has 1 aliphatic rings. The maximum Gasteiger partial charge on any atom is 0.407 e. The Morgan fingerprint density at radius 1 is 0.800 bits per heavy atom. The normalized spacial score (nSPS) is 16.6. The number of carbonyl (C=O) groups excluding carboxylic acids is 7. The number of methoxy groups -OCH3 is 1. The van der Waals surface area contributed by atoms with Crippen LogP contribution < -0.4 is 20.7 Å². The number of fused-ring (bicyclic) bond motifs is 5. The van der Waals surface area contributed by atoms with Crippen LogP contribution in [0.1, 0.15) is 133 Å². The number of hydrogen-bond acceptors (Lipinski definition) is 14. The molecule has 4 amide bonds. The summed E-state index contributed by atoms with van der Waals surface area (Å²) in [7, 11) is 2.61. The lowest BCUT2D eigenvalue weighted by atomic mass is 9.86. The number of amides is 4. The molecule has 18 heteroatoms. The Hall–Kier alpha value is -7.37. The van der Waals surface area contributed by atoms with Gasteiger partial charge in [-0.3, -0.25) is 19.2 Å². The highest BCUT2D eigenvalue weighted by atomic mass is 16.6. The Balaban J connectivity index is 1.57. The minimum Gasteiger partial charge on any atom is -0.507 e. The van der Waals surface area contributed by atoms with Gasteiger partial charge in [0.2, 0.25) is 11.8 Å². The van der Waals surface area contributed by atoms with Crippen molar-refractivity contribution in [3.05, 3.63) is 94.3 Å². The van der Waals surface area contributed by atoms with Gasteiger partial charge in [0.05, 0.1) is 30.6 Å². The molecule has 2 heterocycles. The van der Waals surface area contributed by atoms with Crippen molar-refractivity contribution < 1.29 is 57.6 Å². The predicted octanol–water partition coefficient (Wildman–Crippen LogP) is 8.45. The van der Waals surface area contributed by atoms with Crippen LogP contribution in [0.2, 0.25) is 0 Å². The van der Waals surface area contributed by atoms with E-state index in [-0.39, 0.29) is 72.6 Å². The van der Waals surface area contributed by atoms with E-state index in [0.717, 1.165) is 11.1 Å². The number of nitrogens with zero attached hydrogens (tertiary/aromatic N) is 3. The molecule has 5 rings (SSSR count). The Morgan fingerprint density at radius 2 is 1.40 bits per heavy atom. The molecule has 0 aliphatic carbocycles. The summed E-state index contributed by atoms with van der Waals surface area (Å²) in [5, 5.41) is 19.6. The Labute approximate surface area is 440 Å². The van der Waals surface area contributed by atoms with Crippen molar-refractivity contribution >= 4 is 41.5 Å². The molecule has 0 unspecified atom stereocenters. The molecule has 0 saturated carbocycles. The van der Waals surface area contributed by atoms with Gasteiger partial charge in [0, 0.05) is 61.4 Å². The molecule has 4 aromatic rings. The van der Waals surface area contributed by atoms with Crippen molar-refractivity contribution in [2.24, 2.45) is 11.8 Å². The summed E-state index contributed by atoms with van der Waals surface area (Å²) in [6.45, 7) is 21.6. The van der Waals surface area contributed by atoms with Gasteiger partial charge >= 0.3 is 18.2 Å². The summed E-state index contributed by atoms with van der Waals surface area (Å²) < 4.78 is 22.0. The lowest BCUT2D eigenvalue weighted by Crippen LogP contribution is -2.46. The van der Waals surface area contributed by atoms with Crippen molar-refractivity contribution in [3.63, 3.8) is 0 Å². The number of rotatable bonds is 14. The zero-order valence-electron chi connectivity index (χ0n) is 45.8. The smallest absolute Gasteiger partial charge is 0.407 e. The highest BCUT2D eigenvalue weighted by Crippen LogP contribution is 2.40. The van der Waals surface area contributed by atoms with E-state index in [2.05, 4.69) is 36.7 Å². The van der Waals surface area contributed by atoms with E-state index in [1.54, 1.807) is 79.7 Å². The van der Waals surface area contributed by atoms with Crippen LogP contribution in [-0.4, -0.2) is 113 Å². The summed E-state index contributed by atoms with van der Waals surface area (Å²) in [6, 6.07) is 14.7. The fourth-order valence-electron chi connectivity index (χ4n) is 8.71. The van der Waals surface area contributed by atoms with Crippen LogP contribution in [0, 0.1) is 25.7 Å². The molecule has 1 aromatic heterocycles. The van der Waals surface area contributed by atoms with E-state index in [9.17, 15) is 33.9 Å². The number of benzene rings is 3. The second kappa shape index (κ2) is 24.3. The lowest BCUT2D eigenvalue weighted by molar-refractivity contribution is -0.146. The minimum atomic E-state index is -1.40. The Kier molecular flexibility index (Phi) is 19.0. The number of Topliss-reactive ketones (excluding diaryl/α,β-unsaturated/α-hetero) is 2. The molecule has 4 bridgehead atoms. The van der Waals surface area contributed by atoms with Crippen molar-refractivity contribution in [2.75, 3.05) is 33.9 Å². The molecular formula is C57H74N6O12. The molecule has 0 radical (unpaired) electrons. The number of esters is 1. The molecule has 0 saturated heterocycles. The molecular weight excluding hydrogens is 961 g/mol. The molecule has 4 N–H and O–H groups in total. The van der Waals surface area contributed by atoms with E-state index in [1.807, 2.05) is 24.3 Å². The third kappa shape index (κ3) is 16.1. The average Bonchev–Trinajstić information content (AvgIpc) is 3.30. The van der Waals surface area contributed by atoms with E-state index >= 15 is 4.79 Å². The molecule has 404 valence electrons. The maximum atomic E-state index is 15.2. The van der Waals surface area contributed by atoms with Gasteiger partial charge in [-0.15, -0.1) is 0 Å². The van der Waals surface area contributed by atoms with E-state index in [4.69, 9.17) is 28.9 Å². The van der Waals surface area contributed by atoms with Crippen molar-refractivity contribution in [3.8, 4) is 34.0 Å². The molecule has 75 heavy (non-hydrogen) atoms. The second-order valence-electron chi connectivity index (χ2n) is 22.1. The van der Waals surface area contributed by atoms with Gasteiger partial charge in [-0.25, -0.2) is 24.4 Å². The first kappa shape index (κ1) is 58.5. The number of ketones is 2. The first-order valence-electron chi connectivity index (χ1n) is 25.2. The van der Waals surface area contributed by atoms with E-state index in [0.29, 0.717) is 28.3 Å². The van der Waals surface area contributed by atoms with Crippen LogP contribution in [0.3, 0.4) is 0 Å². The largest absolute Gasteiger partial charge is 0.507 e. The quantitative estimate of drug-likeness (QED) is 0.0401. The lowest BCUT2D eigenvalue weighted by Gasteiger charge is -2.32. The van der Waals surface area contributed by atoms with Crippen molar-refractivity contribution in [2.45, 2.75) is 137 Å². The zero-order chi connectivity index (χ0) is 55.7. The number of alkyl carbamates (subject to hydrolysis) is 2. The van der Waals surface area contributed by atoms with Crippen LogP contribution in [0.25, 0.3) is 22.5 Å². The number of aromatic hydroxyl groups is 1. The third-order valence-corrected chi connectivity index (χ3v) is 12.4. The van der Waals surface area contributed by atoms with Crippen LogP contribution >= 0.6 is 0 Å². The van der Waals surface area contributed by atoms with Gasteiger partial charge in [0.25, 0.3) is 0 Å². The Bertz CT molecular complexity index is 2750. The van der Waals surface area contributed by atoms with Crippen LogP contribution in [0.4, 0.5) is 9.59 Å². The number of hydrogen-bond donors (Lipinski definition) is 4. The van der Waals surface area contributed by atoms with Crippen molar-refractivity contribution in [1.29, 1.82) is 0 Å². The van der Waals surface area contributed by atoms with Crippen LogP contribution in [0.5, 0.6) is 11.5 Å². The Morgan fingerprint density at radius 3 is 1.97 bits per heavy atom. The van der Waals surface area contributed by atoms with Gasteiger partial charge in [0.15, 0.2) is 17.4 Å². The molecule has 3 aromatic carbocycles. The van der Waals surface area contributed by atoms with Gasteiger partial charge in [0.1, 0.15) is 41.4 Å². The minimum absolute atomic E-state index is 0.0312. The number of likely N-dealkylation sites (N-methyl/N-ethyl adjacent to an activating group) is 1. The topological polar surface area (TPSA) is 242 Å². The number of phenols is 1. The van der Waals surface area contributed by atoms with Crippen molar-refractivity contribution in [1.82, 2.24) is 30.8 Å². The van der Waals surface area contributed by atoms with Gasteiger partial charge < -0.3 is 44.9 Å². The molecule has 4 atom stereocenters. The predicted molar refractivity (Wildman–Crippen MR) is 282 cm³/mol. The fraction of sp³-hybridized carbons (Fsp3) is 0.491. The number of nitrogens with one attached hydrogen (secondary N) is 3. The molecule has 0 fully saturated rings. The third-order valence-electron chi connectivity index (χ3n) is 12.4. The SMILES string of the molecule is COC(=O)[C@@H]1Cc2ccc(OCCNC(=O)OC(C)(C)C)c(c2)-c2cc(ccc2O)[C@H](N(C)C(=O)[C@H](CCNC(=O)OC(C)(C)C)CC(=O)c2c(C)nc(-c3ccc(C(C)(C)C)cc3)nc2C)C(=O)C[C@@H](C)C(=O)N1. The summed E-state index contributed by atoms with van der Waals surface area (Å²) in [5.41, 5.74) is 2.63. The van der Waals surface area contributed by atoms with E-state index in [1.165, 1.54) is 38.1 Å². The monoisotopic (exact) mass is 1030 g/mol. The second-order valence-corrected chi connectivity index (χ2v) is 22.1. The van der Waals surface area contributed by atoms with Crippen LogP contribution in [-0.2, 0) is 45.2 Å². The number of phenolic OH excluding ortho intramolecular Hbond substituents is 1.